The maximum atomic E-state index is 9.87. The highest BCUT2D eigenvalue weighted by Crippen LogP contribution is 2.21. The SMILES string of the molecule is CC.Cc1nc(NN)sc1CCO[N+](=O)[O-]. The lowest BCUT2D eigenvalue weighted by Gasteiger charge is -1.96. The molecule has 0 fully saturated rings. The van der Waals surface area contributed by atoms with Crippen LogP contribution in [-0.4, -0.2) is 16.7 Å². The van der Waals surface area contributed by atoms with Crippen molar-refractivity contribution in [2.24, 2.45) is 5.84 Å². The van der Waals surface area contributed by atoms with Gasteiger partial charge >= 0.3 is 0 Å². The molecule has 92 valence electrons. The minimum Gasteiger partial charge on any atom is -0.314 e. The van der Waals surface area contributed by atoms with E-state index >= 15 is 0 Å². The van der Waals surface area contributed by atoms with Crippen molar-refractivity contribution in [3.8, 4) is 0 Å². The standard InChI is InChI=1S/C6H10N4O3S.C2H6/c1-4-5(2-3-13-10(11)12)14-6(8-4)9-7;1-2/h2-3,7H2,1H3,(H,8,9);1-2H3. The van der Waals surface area contributed by atoms with Crippen LogP contribution in [0.5, 0.6) is 0 Å². The van der Waals surface area contributed by atoms with Crippen molar-refractivity contribution in [3.05, 3.63) is 20.7 Å². The van der Waals surface area contributed by atoms with E-state index in [4.69, 9.17) is 5.84 Å². The number of hydrogen-bond acceptors (Lipinski definition) is 7. The van der Waals surface area contributed by atoms with E-state index in [1.165, 1.54) is 11.3 Å². The second-order valence-corrected chi connectivity index (χ2v) is 3.56. The van der Waals surface area contributed by atoms with Crippen LogP contribution in [0.15, 0.2) is 0 Å². The van der Waals surface area contributed by atoms with Crippen molar-refractivity contribution in [1.82, 2.24) is 4.98 Å². The van der Waals surface area contributed by atoms with Gasteiger partial charge in [-0.25, -0.2) is 10.8 Å². The van der Waals surface area contributed by atoms with Gasteiger partial charge in [0.05, 0.1) is 5.69 Å². The minimum atomic E-state index is -0.807. The van der Waals surface area contributed by atoms with Gasteiger partial charge in [-0.15, -0.1) is 21.5 Å². The Hall–Kier alpha value is -1.41. The minimum absolute atomic E-state index is 0.0417. The van der Waals surface area contributed by atoms with Gasteiger partial charge in [0.15, 0.2) is 5.13 Å². The lowest BCUT2D eigenvalue weighted by molar-refractivity contribution is -0.757. The van der Waals surface area contributed by atoms with Crippen LogP contribution < -0.4 is 11.3 Å². The summed E-state index contributed by atoms with van der Waals surface area (Å²) in [4.78, 5) is 19.1. The molecule has 0 saturated carbocycles. The number of nitrogens with one attached hydrogen (secondary N) is 1. The first-order chi connectivity index (χ1) is 7.63. The van der Waals surface area contributed by atoms with Gasteiger partial charge in [0.25, 0.3) is 5.09 Å². The third-order valence-electron chi connectivity index (χ3n) is 1.54. The lowest BCUT2D eigenvalue weighted by Crippen LogP contribution is -2.05. The molecule has 0 aliphatic carbocycles. The first-order valence-electron chi connectivity index (χ1n) is 4.83. The molecule has 0 atom stereocenters. The highest BCUT2D eigenvalue weighted by atomic mass is 32.1. The predicted molar refractivity (Wildman–Crippen MR) is 62.7 cm³/mol. The number of nitrogens with zero attached hydrogens (tertiary/aromatic N) is 2. The van der Waals surface area contributed by atoms with Crippen molar-refractivity contribution < 1.29 is 9.92 Å². The van der Waals surface area contributed by atoms with Crippen molar-refractivity contribution in [1.29, 1.82) is 0 Å². The van der Waals surface area contributed by atoms with Crippen LogP contribution in [0.1, 0.15) is 24.4 Å². The lowest BCUT2D eigenvalue weighted by atomic mass is 10.3. The molecule has 0 aromatic carbocycles. The molecule has 0 amide bonds. The predicted octanol–water partition coefficient (Wildman–Crippen LogP) is 1.51. The monoisotopic (exact) mass is 248 g/mol. The summed E-state index contributed by atoms with van der Waals surface area (Å²) in [5.74, 6) is 5.17. The molecule has 1 aromatic heterocycles. The number of rotatable bonds is 5. The van der Waals surface area contributed by atoms with Crippen LogP contribution in [0.25, 0.3) is 0 Å². The number of nitrogen functional groups attached to an aromatic ring is 1. The molecule has 0 aliphatic heterocycles. The molecule has 1 aromatic rings. The maximum absolute atomic E-state index is 9.87. The van der Waals surface area contributed by atoms with Gasteiger partial charge in [-0.05, 0) is 6.92 Å². The number of nitrogens with two attached hydrogens (primary N) is 1. The smallest absolute Gasteiger partial charge is 0.294 e. The Balaban J connectivity index is 0.00000106. The summed E-state index contributed by atoms with van der Waals surface area (Å²) in [6.07, 6.45) is 0.464. The van der Waals surface area contributed by atoms with E-state index in [1.54, 1.807) is 0 Å². The Morgan fingerprint density at radius 3 is 2.69 bits per heavy atom. The molecule has 0 spiro atoms. The van der Waals surface area contributed by atoms with E-state index in [0.29, 0.717) is 11.6 Å². The van der Waals surface area contributed by atoms with Crippen LogP contribution in [-0.2, 0) is 11.3 Å². The summed E-state index contributed by atoms with van der Waals surface area (Å²) in [5.41, 5.74) is 3.23. The van der Waals surface area contributed by atoms with Crippen LogP contribution in [0.4, 0.5) is 5.13 Å². The molecule has 3 N–H and O–H groups in total. The first-order valence-corrected chi connectivity index (χ1v) is 5.65. The first kappa shape index (κ1) is 14.6. The van der Waals surface area contributed by atoms with Gasteiger partial charge < -0.3 is 4.84 Å². The molecule has 0 bridgehead atoms. The van der Waals surface area contributed by atoms with Gasteiger partial charge in [0.2, 0.25) is 0 Å². The quantitative estimate of drug-likeness (QED) is 0.465. The van der Waals surface area contributed by atoms with Crippen molar-refractivity contribution in [2.75, 3.05) is 12.0 Å². The topological polar surface area (TPSA) is 103 Å². The molecule has 0 radical (unpaired) electrons. The van der Waals surface area contributed by atoms with Crippen LogP contribution in [0.2, 0.25) is 0 Å². The van der Waals surface area contributed by atoms with E-state index in [9.17, 15) is 10.1 Å². The zero-order valence-electron chi connectivity index (χ0n) is 9.52. The molecule has 0 unspecified atom stereocenters. The second kappa shape index (κ2) is 7.83. The van der Waals surface area contributed by atoms with Gasteiger partial charge in [0.1, 0.15) is 6.61 Å². The van der Waals surface area contributed by atoms with Gasteiger partial charge in [-0.2, -0.15) is 0 Å². The molecule has 0 saturated heterocycles. The molecule has 1 heterocycles. The maximum Gasteiger partial charge on any atom is 0.294 e. The molecule has 7 nitrogen and oxygen atoms in total. The normalized spacial score (nSPS) is 9.00. The second-order valence-electron chi connectivity index (χ2n) is 2.48. The fraction of sp³-hybridized carbons (Fsp3) is 0.625. The van der Waals surface area contributed by atoms with Crippen LogP contribution in [0.3, 0.4) is 0 Å². The Kier molecular flexibility index (Phi) is 7.14. The largest absolute Gasteiger partial charge is 0.314 e. The average Bonchev–Trinajstić information content (AvgIpc) is 2.62. The molecule has 1 rings (SSSR count). The summed E-state index contributed by atoms with van der Waals surface area (Å²) < 4.78 is 0. The van der Waals surface area contributed by atoms with Gasteiger partial charge in [-0.3, -0.25) is 5.43 Å². The fourth-order valence-corrected chi connectivity index (χ4v) is 1.79. The number of aryl methyl sites for hydroxylation is 1. The Labute approximate surface area is 97.7 Å². The summed E-state index contributed by atoms with van der Waals surface area (Å²) in [7, 11) is 0. The number of hydrogen-bond donors (Lipinski definition) is 2. The Morgan fingerprint density at radius 2 is 2.25 bits per heavy atom. The number of thiazole rings is 1. The average molecular weight is 248 g/mol. The third-order valence-corrected chi connectivity index (χ3v) is 2.69. The van der Waals surface area contributed by atoms with E-state index in [1.807, 2.05) is 20.8 Å². The Morgan fingerprint density at radius 1 is 1.62 bits per heavy atom. The molecule has 8 heteroatoms. The third kappa shape index (κ3) is 4.89. The van der Waals surface area contributed by atoms with Gasteiger partial charge in [-0.1, -0.05) is 13.8 Å². The number of aromatic nitrogens is 1. The van der Waals surface area contributed by atoms with Crippen LogP contribution in [0, 0.1) is 17.0 Å². The van der Waals surface area contributed by atoms with Crippen LogP contribution >= 0.6 is 11.3 Å². The zero-order valence-corrected chi connectivity index (χ0v) is 10.3. The van der Waals surface area contributed by atoms with E-state index in [0.717, 1.165) is 10.6 Å². The molecular weight excluding hydrogens is 232 g/mol. The highest BCUT2D eigenvalue weighted by molar-refractivity contribution is 7.15. The molecule has 0 aliphatic rings. The molecular formula is C8H16N4O3S. The van der Waals surface area contributed by atoms with Crippen molar-refractivity contribution >= 4 is 16.5 Å². The summed E-state index contributed by atoms with van der Waals surface area (Å²) >= 11 is 1.36. The highest BCUT2D eigenvalue weighted by Gasteiger charge is 2.07. The van der Waals surface area contributed by atoms with E-state index in [-0.39, 0.29) is 6.61 Å². The zero-order chi connectivity index (χ0) is 12.6. The summed E-state index contributed by atoms with van der Waals surface area (Å²) in [5, 5.41) is 9.66. The Bertz CT molecular complexity index is 329. The fourth-order valence-electron chi connectivity index (χ4n) is 0.935. The summed E-state index contributed by atoms with van der Waals surface area (Å²) in [6, 6.07) is 0. The van der Waals surface area contributed by atoms with Crippen molar-refractivity contribution in [3.63, 3.8) is 0 Å². The molecule has 16 heavy (non-hydrogen) atoms. The van der Waals surface area contributed by atoms with E-state index in [2.05, 4.69) is 15.2 Å². The van der Waals surface area contributed by atoms with Gasteiger partial charge in [0, 0.05) is 11.3 Å². The van der Waals surface area contributed by atoms with Crippen molar-refractivity contribution in [2.45, 2.75) is 27.2 Å². The van der Waals surface area contributed by atoms with E-state index < -0.39 is 5.09 Å². The summed E-state index contributed by atoms with van der Waals surface area (Å²) in [6.45, 7) is 5.86. The number of anilines is 1. The number of hydrazine groups is 1.